The van der Waals surface area contributed by atoms with Gasteiger partial charge in [-0.15, -0.1) is 0 Å². The van der Waals surface area contributed by atoms with E-state index in [-0.39, 0.29) is 5.92 Å². The number of aromatic amines is 1. The summed E-state index contributed by atoms with van der Waals surface area (Å²) in [4.78, 5) is 13.6. The lowest BCUT2D eigenvalue weighted by Crippen LogP contribution is -1.96. The van der Waals surface area contributed by atoms with E-state index in [2.05, 4.69) is 11.1 Å². The number of aryl methyl sites for hydroxylation is 2. The molecular weight excluding hydrogens is 138 g/mol. The molecular formula is C9H13NO. The summed E-state index contributed by atoms with van der Waals surface area (Å²) in [5.74, 6) is -0.0105. The third kappa shape index (κ3) is 1.50. The number of carbonyl (C=O) groups is 1. The molecule has 0 radical (unpaired) electrons. The summed E-state index contributed by atoms with van der Waals surface area (Å²) in [7, 11) is 0. The Morgan fingerprint density at radius 2 is 2.18 bits per heavy atom. The van der Waals surface area contributed by atoms with Gasteiger partial charge in [0.15, 0.2) is 0 Å². The summed E-state index contributed by atoms with van der Waals surface area (Å²) < 4.78 is 0. The van der Waals surface area contributed by atoms with Crippen molar-refractivity contribution >= 4 is 6.29 Å². The fourth-order valence-corrected chi connectivity index (χ4v) is 1.29. The summed E-state index contributed by atoms with van der Waals surface area (Å²) >= 11 is 0. The zero-order valence-corrected chi connectivity index (χ0v) is 7.14. The Kier molecular flexibility index (Phi) is 2.13. The average molecular weight is 151 g/mol. The Hall–Kier alpha value is -1.05. The molecule has 0 aliphatic carbocycles. The third-order valence-corrected chi connectivity index (χ3v) is 1.85. The van der Waals surface area contributed by atoms with Crippen molar-refractivity contribution in [2.45, 2.75) is 26.7 Å². The Morgan fingerprint density at radius 3 is 2.55 bits per heavy atom. The molecule has 60 valence electrons. The number of aromatic nitrogens is 1. The Labute approximate surface area is 66.6 Å². The lowest BCUT2D eigenvalue weighted by Gasteiger charge is -2.00. The van der Waals surface area contributed by atoms with Gasteiger partial charge in [-0.2, -0.15) is 0 Å². The van der Waals surface area contributed by atoms with Gasteiger partial charge in [0.05, 0.1) is 5.92 Å². The highest BCUT2D eigenvalue weighted by molar-refractivity contribution is 5.61. The third-order valence-electron chi connectivity index (χ3n) is 1.85. The van der Waals surface area contributed by atoms with Gasteiger partial charge in [0, 0.05) is 11.4 Å². The van der Waals surface area contributed by atoms with Crippen LogP contribution in [0.1, 0.15) is 29.8 Å². The van der Waals surface area contributed by atoms with Gasteiger partial charge < -0.3 is 9.78 Å². The van der Waals surface area contributed by atoms with Crippen LogP contribution in [0.2, 0.25) is 0 Å². The largest absolute Gasteiger partial charge is 0.362 e. The summed E-state index contributed by atoms with van der Waals surface area (Å²) in [6.45, 7) is 5.90. The van der Waals surface area contributed by atoms with Crippen molar-refractivity contribution in [2.24, 2.45) is 0 Å². The molecule has 0 spiro atoms. The molecule has 0 aliphatic heterocycles. The smallest absolute Gasteiger partial charge is 0.128 e. The summed E-state index contributed by atoms with van der Waals surface area (Å²) in [6.07, 6.45) is 0.957. The van der Waals surface area contributed by atoms with E-state index in [1.807, 2.05) is 20.8 Å². The van der Waals surface area contributed by atoms with Crippen LogP contribution in [0.3, 0.4) is 0 Å². The predicted molar refractivity (Wildman–Crippen MR) is 44.7 cm³/mol. The quantitative estimate of drug-likeness (QED) is 0.644. The Bertz CT molecular complexity index is 263. The van der Waals surface area contributed by atoms with Crippen LogP contribution in [0.25, 0.3) is 0 Å². The SMILES string of the molecule is Cc1cc(C)c(C(C)C=O)[nH]1. The van der Waals surface area contributed by atoms with Gasteiger partial charge in [0.1, 0.15) is 6.29 Å². The minimum atomic E-state index is -0.0105. The molecule has 11 heavy (non-hydrogen) atoms. The topological polar surface area (TPSA) is 32.9 Å². The molecule has 1 heterocycles. The first-order valence-corrected chi connectivity index (χ1v) is 3.76. The van der Waals surface area contributed by atoms with E-state index in [9.17, 15) is 4.79 Å². The highest BCUT2D eigenvalue weighted by Gasteiger charge is 2.08. The molecule has 1 atom stereocenters. The van der Waals surface area contributed by atoms with Gasteiger partial charge in [-0.3, -0.25) is 0 Å². The summed E-state index contributed by atoms with van der Waals surface area (Å²) in [6, 6.07) is 2.05. The van der Waals surface area contributed by atoms with Crippen LogP contribution in [0, 0.1) is 13.8 Å². The van der Waals surface area contributed by atoms with Crippen molar-refractivity contribution in [2.75, 3.05) is 0 Å². The number of nitrogens with one attached hydrogen (secondary N) is 1. The molecule has 0 saturated carbocycles. The van der Waals surface area contributed by atoms with E-state index in [1.165, 1.54) is 5.56 Å². The van der Waals surface area contributed by atoms with Crippen LogP contribution < -0.4 is 0 Å². The van der Waals surface area contributed by atoms with Gasteiger partial charge in [0.25, 0.3) is 0 Å². The Morgan fingerprint density at radius 1 is 1.55 bits per heavy atom. The van der Waals surface area contributed by atoms with Crippen molar-refractivity contribution in [1.82, 2.24) is 4.98 Å². The van der Waals surface area contributed by atoms with Crippen LogP contribution >= 0.6 is 0 Å². The fourth-order valence-electron chi connectivity index (χ4n) is 1.29. The van der Waals surface area contributed by atoms with Crippen LogP contribution in [0.5, 0.6) is 0 Å². The van der Waals surface area contributed by atoms with Gasteiger partial charge >= 0.3 is 0 Å². The van der Waals surface area contributed by atoms with Crippen molar-refractivity contribution in [3.05, 3.63) is 23.0 Å². The van der Waals surface area contributed by atoms with Crippen LogP contribution in [-0.4, -0.2) is 11.3 Å². The number of hydrogen-bond donors (Lipinski definition) is 1. The van der Waals surface area contributed by atoms with Gasteiger partial charge in [-0.25, -0.2) is 0 Å². The number of carbonyl (C=O) groups excluding carboxylic acids is 1. The van der Waals surface area contributed by atoms with Crippen LogP contribution in [0.15, 0.2) is 6.07 Å². The highest BCUT2D eigenvalue weighted by atomic mass is 16.1. The maximum atomic E-state index is 10.4. The average Bonchev–Trinajstić information content (AvgIpc) is 2.28. The van der Waals surface area contributed by atoms with E-state index >= 15 is 0 Å². The fraction of sp³-hybridized carbons (Fsp3) is 0.444. The van der Waals surface area contributed by atoms with Crippen molar-refractivity contribution < 1.29 is 4.79 Å². The second kappa shape index (κ2) is 2.91. The van der Waals surface area contributed by atoms with Gasteiger partial charge in [-0.05, 0) is 25.5 Å². The number of hydrogen-bond acceptors (Lipinski definition) is 1. The summed E-state index contributed by atoms with van der Waals surface area (Å²) in [5, 5.41) is 0. The normalized spacial score (nSPS) is 13.0. The molecule has 0 aliphatic rings. The maximum Gasteiger partial charge on any atom is 0.128 e. The molecule has 1 rings (SSSR count). The second-order valence-corrected chi connectivity index (χ2v) is 2.97. The molecule has 0 bridgehead atoms. The number of aldehydes is 1. The van der Waals surface area contributed by atoms with E-state index in [0.29, 0.717) is 0 Å². The van der Waals surface area contributed by atoms with E-state index in [4.69, 9.17) is 0 Å². The maximum absolute atomic E-state index is 10.4. The monoisotopic (exact) mass is 151 g/mol. The van der Waals surface area contributed by atoms with Crippen molar-refractivity contribution in [1.29, 1.82) is 0 Å². The predicted octanol–water partition coefficient (Wildman–Crippen LogP) is 1.93. The molecule has 2 nitrogen and oxygen atoms in total. The molecule has 0 aromatic carbocycles. The summed E-state index contributed by atoms with van der Waals surface area (Å²) in [5.41, 5.74) is 3.32. The molecule has 0 fully saturated rings. The zero-order valence-electron chi connectivity index (χ0n) is 7.14. The van der Waals surface area contributed by atoms with Crippen molar-refractivity contribution in [3.8, 4) is 0 Å². The van der Waals surface area contributed by atoms with E-state index < -0.39 is 0 Å². The van der Waals surface area contributed by atoms with Crippen molar-refractivity contribution in [3.63, 3.8) is 0 Å². The highest BCUT2D eigenvalue weighted by Crippen LogP contribution is 2.16. The standard InChI is InChI=1S/C9H13NO/c1-6-4-8(3)10-9(6)7(2)5-11/h4-5,7,10H,1-3H3. The molecule has 2 heteroatoms. The molecule has 0 amide bonds. The van der Waals surface area contributed by atoms with Crippen LogP contribution in [-0.2, 0) is 4.79 Å². The first-order valence-electron chi connectivity index (χ1n) is 3.76. The Balaban J connectivity index is 3.02. The second-order valence-electron chi connectivity index (χ2n) is 2.97. The first-order chi connectivity index (χ1) is 5.15. The number of rotatable bonds is 2. The lowest BCUT2D eigenvalue weighted by molar-refractivity contribution is -0.108. The minimum Gasteiger partial charge on any atom is -0.362 e. The lowest BCUT2D eigenvalue weighted by atomic mass is 10.1. The van der Waals surface area contributed by atoms with E-state index in [0.717, 1.165) is 17.7 Å². The molecule has 1 aromatic heterocycles. The molecule has 1 aromatic rings. The van der Waals surface area contributed by atoms with Gasteiger partial charge in [0.2, 0.25) is 0 Å². The zero-order chi connectivity index (χ0) is 8.43. The minimum absolute atomic E-state index is 0.0105. The molecule has 0 saturated heterocycles. The number of H-pyrrole nitrogens is 1. The van der Waals surface area contributed by atoms with Gasteiger partial charge in [-0.1, -0.05) is 6.92 Å². The molecule has 1 unspecified atom stereocenters. The molecule has 1 N–H and O–H groups in total. The van der Waals surface area contributed by atoms with E-state index in [1.54, 1.807) is 0 Å². The van der Waals surface area contributed by atoms with Crippen LogP contribution in [0.4, 0.5) is 0 Å². The first kappa shape index (κ1) is 8.05.